The average Bonchev–Trinajstić information content (AvgIpc) is 2.78. The smallest absolute Gasteiger partial charge is 0.329 e. The molecule has 0 unspecified atom stereocenters. The monoisotopic (exact) mass is 314 g/mol. The zero-order valence-electron chi connectivity index (χ0n) is 12.8. The van der Waals surface area contributed by atoms with E-state index < -0.39 is 11.9 Å². The lowest BCUT2D eigenvalue weighted by Gasteiger charge is -2.10. The molecule has 1 aromatic rings. The number of imide groups is 1. The van der Waals surface area contributed by atoms with Crippen LogP contribution in [0.1, 0.15) is 11.1 Å². The Morgan fingerprint density at radius 2 is 2.04 bits per heavy atom. The normalized spacial score (nSPS) is 15.7. The van der Waals surface area contributed by atoms with Crippen LogP contribution in [-0.2, 0) is 11.2 Å². The van der Waals surface area contributed by atoms with Crippen molar-refractivity contribution in [3.8, 4) is 11.5 Å². The van der Waals surface area contributed by atoms with Crippen LogP contribution < -0.4 is 10.1 Å². The number of nitrogens with one attached hydrogen (secondary N) is 1. The number of phenolic OH excluding ortho intramolecular Hbond substituents is 1. The molecule has 1 aliphatic rings. The molecule has 0 saturated carbocycles. The lowest BCUT2D eigenvalue weighted by Crippen LogP contribution is -2.30. The minimum Gasteiger partial charge on any atom is -0.504 e. The minimum atomic E-state index is -0.488. The Morgan fingerprint density at radius 1 is 1.30 bits per heavy atom. The Kier molecular flexibility index (Phi) is 4.85. The molecule has 1 saturated heterocycles. The quantitative estimate of drug-likeness (QED) is 0.479. The van der Waals surface area contributed by atoms with Crippen molar-refractivity contribution in [1.29, 1.82) is 0 Å². The van der Waals surface area contributed by atoms with E-state index in [1.165, 1.54) is 19.3 Å². The SMILES string of the molecule is C=CCc1cc(/C=C2/NC(=O)N(CC=C)C2=O)cc(OC)c1O. The van der Waals surface area contributed by atoms with Crippen molar-refractivity contribution in [3.63, 3.8) is 0 Å². The Hall–Kier alpha value is -3.02. The van der Waals surface area contributed by atoms with Gasteiger partial charge < -0.3 is 15.2 Å². The summed E-state index contributed by atoms with van der Waals surface area (Å²) in [4.78, 5) is 25.0. The minimum absolute atomic E-state index is 0.0321. The zero-order valence-corrected chi connectivity index (χ0v) is 12.8. The van der Waals surface area contributed by atoms with Gasteiger partial charge in [0.25, 0.3) is 5.91 Å². The van der Waals surface area contributed by atoms with Crippen molar-refractivity contribution < 1.29 is 19.4 Å². The molecule has 3 amide bonds. The highest BCUT2D eigenvalue weighted by molar-refractivity contribution is 6.14. The summed E-state index contributed by atoms with van der Waals surface area (Å²) < 4.78 is 5.14. The van der Waals surface area contributed by atoms with Crippen LogP contribution in [0.15, 0.2) is 43.1 Å². The first-order valence-corrected chi connectivity index (χ1v) is 6.98. The molecule has 1 fully saturated rings. The van der Waals surface area contributed by atoms with E-state index in [0.29, 0.717) is 17.5 Å². The molecule has 6 nitrogen and oxygen atoms in total. The van der Waals surface area contributed by atoms with E-state index in [1.807, 2.05) is 0 Å². The summed E-state index contributed by atoms with van der Waals surface area (Å²) >= 11 is 0. The molecule has 6 heteroatoms. The van der Waals surface area contributed by atoms with Gasteiger partial charge >= 0.3 is 6.03 Å². The van der Waals surface area contributed by atoms with Gasteiger partial charge in [0, 0.05) is 12.1 Å². The average molecular weight is 314 g/mol. The number of allylic oxidation sites excluding steroid dienone is 1. The van der Waals surface area contributed by atoms with Crippen molar-refractivity contribution in [2.75, 3.05) is 13.7 Å². The van der Waals surface area contributed by atoms with Gasteiger partial charge in [-0.1, -0.05) is 12.2 Å². The first-order chi connectivity index (χ1) is 11.0. The van der Waals surface area contributed by atoms with Crippen molar-refractivity contribution in [3.05, 3.63) is 54.3 Å². The predicted octanol–water partition coefficient (Wildman–Crippen LogP) is 2.21. The highest BCUT2D eigenvalue weighted by Gasteiger charge is 2.32. The summed E-state index contributed by atoms with van der Waals surface area (Å²) in [5.41, 5.74) is 1.40. The fourth-order valence-electron chi connectivity index (χ4n) is 2.27. The maximum Gasteiger partial charge on any atom is 0.329 e. The number of rotatable bonds is 6. The summed E-state index contributed by atoms with van der Waals surface area (Å²) in [5, 5.41) is 12.6. The maximum absolute atomic E-state index is 12.2. The van der Waals surface area contributed by atoms with E-state index in [0.717, 1.165) is 4.90 Å². The molecule has 1 heterocycles. The number of urea groups is 1. The first kappa shape index (κ1) is 16.4. The third kappa shape index (κ3) is 3.26. The molecule has 120 valence electrons. The van der Waals surface area contributed by atoms with Crippen LogP contribution in [0, 0.1) is 0 Å². The number of methoxy groups -OCH3 is 1. The molecule has 0 aromatic heterocycles. The molecule has 1 aliphatic heterocycles. The van der Waals surface area contributed by atoms with Crippen molar-refractivity contribution >= 4 is 18.0 Å². The lowest BCUT2D eigenvalue weighted by molar-refractivity contribution is -0.122. The highest BCUT2D eigenvalue weighted by atomic mass is 16.5. The van der Waals surface area contributed by atoms with Gasteiger partial charge in [0.1, 0.15) is 5.70 Å². The van der Waals surface area contributed by atoms with E-state index >= 15 is 0 Å². The Bertz CT molecular complexity index is 707. The molecule has 0 atom stereocenters. The topological polar surface area (TPSA) is 78.9 Å². The van der Waals surface area contributed by atoms with Crippen LogP contribution in [0.5, 0.6) is 11.5 Å². The number of carbonyl (C=O) groups is 2. The fraction of sp³-hybridized carbons (Fsp3) is 0.176. The summed E-state index contributed by atoms with van der Waals surface area (Å²) in [6, 6.07) is 2.81. The number of hydrogen-bond donors (Lipinski definition) is 2. The van der Waals surface area contributed by atoms with Gasteiger partial charge in [-0.15, -0.1) is 13.2 Å². The van der Waals surface area contributed by atoms with E-state index in [9.17, 15) is 14.7 Å². The molecule has 0 aliphatic carbocycles. The second kappa shape index (κ2) is 6.83. The predicted molar refractivity (Wildman–Crippen MR) is 87.0 cm³/mol. The Balaban J connectivity index is 2.41. The third-order valence-corrected chi connectivity index (χ3v) is 3.35. The fourth-order valence-corrected chi connectivity index (χ4v) is 2.27. The lowest BCUT2D eigenvalue weighted by atomic mass is 10.0. The number of amides is 3. The molecule has 0 spiro atoms. The number of benzene rings is 1. The number of phenols is 1. The van der Waals surface area contributed by atoms with Gasteiger partial charge in [-0.2, -0.15) is 0 Å². The molecule has 2 rings (SSSR count). The summed E-state index contributed by atoms with van der Waals surface area (Å²) in [6.07, 6.45) is 5.12. The van der Waals surface area contributed by atoms with Crippen LogP contribution in [-0.4, -0.2) is 35.6 Å². The van der Waals surface area contributed by atoms with Crippen molar-refractivity contribution in [2.24, 2.45) is 0 Å². The van der Waals surface area contributed by atoms with Crippen LogP contribution in [0.3, 0.4) is 0 Å². The van der Waals surface area contributed by atoms with E-state index in [1.54, 1.807) is 18.2 Å². The summed E-state index contributed by atoms with van der Waals surface area (Å²) in [6.45, 7) is 7.30. The van der Waals surface area contributed by atoms with E-state index in [2.05, 4.69) is 18.5 Å². The standard InChI is InChI=1S/C17H18N2O4/c1-4-6-12-8-11(10-14(23-3)15(12)20)9-13-16(21)19(7-5-2)17(22)18-13/h4-5,8-10,20H,1-2,6-7H2,3H3,(H,18,22)/b13-9+. The zero-order chi connectivity index (χ0) is 17.0. The molecule has 2 N–H and O–H groups in total. The van der Waals surface area contributed by atoms with E-state index in [4.69, 9.17) is 4.74 Å². The Labute approximate surface area is 134 Å². The second-order valence-electron chi connectivity index (χ2n) is 4.92. The molecule has 0 radical (unpaired) electrons. The van der Waals surface area contributed by atoms with Gasteiger partial charge in [0.2, 0.25) is 0 Å². The van der Waals surface area contributed by atoms with Gasteiger partial charge in [0.15, 0.2) is 11.5 Å². The van der Waals surface area contributed by atoms with Crippen molar-refractivity contribution in [1.82, 2.24) is 10.2 Å². The first-order valence-electron chi connectivity index (χ1n) is 6.98. The number of hydrogen-bond acceptors (Lipinski definition) is 4. The molecular weight excluding hydrogens is 296 g/mol. The third-order valence-electron chi connectivity index (χ3n) is 3.35. The molecule has 0 bridgehead atoms. The Morgan fingerprint density at radius 3 is 2.65 bits per heavy atom. The maximum atomic E-state index is 12.2. The van der Waals surface area contributed by atoms with Crippen LogP contribution in [0.25, 0.3) is 6.08 Å². The van der Waals surface area contributed by atoms with Gasteiger partial charge in [0.05, 0.1) is 7.11 Å². The van der Waals surface area contributed by atoms with Crippen LogP contribution in [0.2, 0.25) is 0 Å². The number of aromatic hydroxyl groups is 1. The molecule has 1 aromatic carbocycles. The second-order valence-corrected chi connectivity index (χ2v) is 4.92. The van der Waals surface area contributed by atoms with Gasteiger partial charge in [-0.3, -0.25) is 9.69 Å². The molecule has 23 heavy (non-hydrogen) atoms. The largest absolute Gasteiger partial charge is 0.504 e. The van der Waals surface area contributed by atoms with Crippen molar-refractivity contribution in [2.45, 2.75) is 6.42 Å². The van der Waals surface area contributed by atoms with Crippen LogP contribution in [0.4, 0.5) is 4.79 Å². The van der Waals surface area contributed by atoms with E-state index in [-0.39, 0.29) is 23.7 Å². The van der Waals surface area contributed by atoms with Gasteiger partial charge in [-0.05, 0) is 30.2 Å². The van der Waals surface area contributed by atoms with Gasteiger partial charge in [-0.25, -0.2) is 4.79 Å². The highest BCUT2D eigenvalue weighted by Crippen LogP contribution is 2.33. The number of carbonyl (C=O) groups excluding carboxylic acids is 2. The summed E-state index contributed by atoms with van der Waals surface area (Å²) in [5.74, 6) is -0.104. The van der Waals surface area contributed by atoms with Crippen LogP contribution >= 0.6 is 0 Å². The molecular formula is C17H18N2O4. The number of ether oxygens (including phenoxy) is 1. The summed E-state index contributed by atoms with van der Waals surface area (Å²) in [7, 11) is 1.44. The number of nitrogens with zero attached hydrogens (tertiary/aromatic N) is 1.